The topological polar surface area (TPSA) is 66.8 Å². The van der Waals surface area contributed by atoms with Crippen molar-refractivity contribution in [2.75, 3.05) is 13.2 Å². The van der Waals surface area contributed by atoms with E-state index in [0.717, 1.165) is 12.8 Å². The van der Waals surface area contributed by atoms with Gasteiger partial charge in [-0.15, -0.1) is 0 Å². The Kier molecular flexibility index (Phi) is 3.90. The normalized spacial score (nSPS) is 35.3. The molecule has 18 heavy (non-hydrogen) atoms. The van der Waals surface area contributed by atoms with Gasteiger partial charge in [-0.1, -0.05) is 0 Å². The van der Waals surface area contributed by atoms with Gasteiger partial charge in [-0.05, 0) is 33.1 Å². The summed E-state index contributed by atoms with van der Waals surface area (Å²) in [5.41, 5.74) is 0. The second-order valence-corrected chi connectivity index (χ2v) is 5.20. The lowest BCUT2D eigenvalue weighted by Crippen LogP contribution is -2.50. The summed E-state index contributed by atoms with van der Waals surface area (Å²) < 4.78 is 5.42. The summed E-state index contributed by atoms with van der Waals surface area (Å²) in [6.07, 6.45) is 2.28. The fraction of sp³-hybridized carbons (Fsp3) is 0.846. The van der Waals surface area contributed by atoms with Crippen molar-refractivity contribution in [2.45, 2.75) is 45.3 Å². The number of carbonyl (C=O) groups is 2. The van der Waals surface area contributed by atoms with E-state index in [9.17, 15) is 9.59 Å². The number of hydrogen-bond donors (Lipinski definition) is 1. The molecule has 5 heteroatoms. The van der Waals surface area contributed by atoms with Crippen LogP contribution in [0.15, 0.2) is 0 Å². The number of ether oxygens (including phenoxy) is 1. The molecule has 0 bridgehead atoms. The average Bonchev–Trinajstić information content (AvgIpc) is 3.08. The molecular weight excluding hydrogens is 234 g/mol. The Morgan fingerprint density at radius 2 is 2.11 bits per heavy atom. The number of carboxylic acid groups (broad SMARTS) is 1. The fourth-order valence-electron chi connectivity index (χ4n) is 2.83. The third kappa shape index (κ3) is 2.51. The molecule has 102 valence electrons. The monoisotopic (exact) mass is 255 g/mol. The first kappa shape index (κ1) is 13.3. The molecule has 2 unspecified atom stereocenters. The molecule has 2 fully saturated rings. The summed E-state index contributed by atoms with van der Waals surface area (Å²) in [5.74, 6) is -1.18. The van der Waals surface area contributed by atoms with Crippen LogP contribution in [0, 0.1) is 11.8 Å². The van der Waals surface area contributed by atoms with Gasteiger partial charge >= 0.3 is 5.97 Å². The number of carbonyl (C=O) groups excluding carboxylic acids is 1. The first-order valence-corrected chi connectivity index (χ1v) is 6.71. The molecule has 5 nitrogen and oxygen atoms in total. The average molecular weight is 255 g/mol. The first-order chi connectivity index (χ1) is 8.56. The Balaban J connectivity index is 1.96. The number of rotatable bonds is 4. The summed E-state index contributed by atoms with van der Waals surface area (Å²) in [6.45, 7) is 5.07. The number of nitrogens with zero attached hydrogens (tertiary/aromatic N) is 1. The van der Waals surface area contributed by atoms with Crippen molar-refractivity contribution in [3.8, 4) is 0 Å². The van der Waals surface area contributed by atoms with E-state index in [4.69, 9.17) is 9.84 Å². The molecule has 0 aromatic heterocycles. The third-order valence-electron chi connectivity index (χ3n) is 4.02. The molecule has 1 aliphatic carbocycles. The van der Waals surface area contributed by atoms with Crippen LogP contribution < -0.4 is 0 Å². The molecule has 2 rings (SSSR count). The van der Waals surface area contributed by atoms with Crippen LogP contribution in [-0.4, -0.2) is 47.2 Å². The van der Waals surface area contributed by atoms with Crippen LogP contribution in [0.25, 0.3) is 0 Å². The van der Waals surface area contributed by atoms with Crippen molar-refractivity contribution < 1.29 is 19.4 Å². The zero-order valence-corrected chi connectivity index (χ0v) is 11.0. The summed E-state index contributed by atoms with van der Waals surface area (Å²) in [5, 5.41) is 9.14. The maximum atomic E-state index is 12.3. The van der Waals surface area contributed by atoms with E-state index >= 15 is 0 Å². The van der Waals surface area contributed by atoms with Gasteiger partial charge in [-0.3, -0.25) is 9.59 Å². The maximum absolute atomic E-state index is 12.3. The molecule has 1 heterocycles. The highest BCUT2D eigenvalue weighted by Crippen LogP contribution is 2.37. The van der Waals surface area contributed by atoms with Gasteiger partial charge < -0.3 is 14.7 Å². The smallest absolute Gasteiger partial charge is 0.308 e. The predicted molar refractivity (Wildman–Crippen MR) is 65.1 cm³/mol. The Morgan fingerprint density at radius 3 is 2.72 bits per heavy atom. The number of amides is 1. The lowest BCUT2D eigenvalue weighted by atomic mass is 9.90. The van der Waals surface area contributed by atoms with Crippen LogP contribution in [0.3, 0.4) is 0 Å². The molecule has 1 aliphatic heterocycles. The number of aliphatic carboxylic acids is 1. The van der Waals surface area contributed by atoms with Crippen molar-refractivity contribution in [2.24, 2.45) is 11.8 Å². The van der Waals surface area contributed by atoms with E-state index in [0.29, 0.717) is 19.6 Å². The standard InChI is InChI=1S/C13H21NO4/c1-3-18-11-7-10(11)12(15)14-6-4-5-9(8(14)2)13(16)17/h8-11H,3-7H2,1-2H3,(H,16,17)/t8-,9-,10?,11?/m0/s1. The second kappa shape index (κ2) is 5.26. The number of hydrogen-bond acceptors (Lipinski definition) is 3. The molecule has 1 amide bonds. The molecular formula is C13H21NO4. The van der Waals surface area contributed by atoms with Crippen LogP contribution in [0.5, 0.6) is 0 Å². The molecule has 0 radical (unpaired) electrons. The molecule has 1 saturated carbocycles. The maximum Gasteiger partial charge on any atom is 0.308 e. The lowest BCUT2D eigenvalue weighted by molar-refractivity contribution is -0.149. The van der Waals surface area contributed by atoms with Crippen molar-refractivity contribution in [3.05, 3.63) is 0 Å². The third-order valence-corrected chi connectivity index (χ3v) is 4.02. The van der Waals surface area contributed by atoms with Gasteiger partial charge in [0.15, 0.2) is 0 Å². The van der Waals surface area contributed by atoms with Gasteiger partial charge in [0.25, 0.3) is 0 Å². The van der Waals surface area contributed by atoms with E-state index in [1.165, 1.54) is 0 Å². The minimum atomic E-state index is -0.794. The SMILES string of the molecule is CCOC1CC1C(=O)N1CCC[C@H](C(=O)O)[C@@H]1C. The minimum absolute atomic E-state index is 0.0417. The van der Waals surface area contributed by atoms with Gasteiger partial charge in [0.05, 0.1) is 17.9 Å². The largest absolute Gasteiger partial charge is 0.481 e. The van der Waals surface area contributed by atoms with Crippen LogP contribution in [0.1, 0.15) is 33.1 Å². The van der Waals surface area contributed by atoms with Crippen molar-refractivity contribution in [3.63, 3.8) is 0 Å². The van der Waals surface area contributed by atoms with Gasteiger partial charge in [0.1, 0.15) is 0 Å². The summed E-state index contributed by atoms with van der Waals surface area (Å²) in [7, 11) is 0. The lowest BCUT2D eigenvalue weighted by Gasteiger charge is -2.37. The quantitative estimate of drug-likeness (QED) is 0.817. The van der Waals surface area contributed by atoms with Crippen LogP contribution in [0.4, 0.5) is 0 Å². The van der Waals surface area contributed by atoms with Crippen molar-refractivity contribution >= 4 is 11.9 Å². The summed E-state index contributed by atoms with van der Waals surface area (Å²) >= 11 is 0. The van der Waals surface area contributed by atoms with Crippen molar-refractivity contribution in [1.29, 1.82) is 0 Å². The molecule has 0 aromatic rings. The number of piperidine rings is 1. The number of carboxylic acids is 1. The van der Waals surface area contributed by atoms with Gasteiger partial charge in [0.2, 0.25) is 5.91 Å². The first-order valence-electron chi connectivity index (χ1n) is 6.71. The Labute approximate surface area is 107 Å². The van der Waals surface area contributed by atoms with Crippen LogP contribution >= 0.6 is 0 Å². The highest BCUT2D eigenvalue weighted by Gasteiger charge is 2.48. The summed E-state index contributed by atoms with van der Waals surface area (Å²) in [4.78, 5) is 25.1. The van der Waals surface area contributed by atoms with Crippen LogP contribution in [0.2, 0.25) is 0 Å². The Hall–Kier alpha value is -1.10. The molecule has 1 saturated heterocycles. The van der Waals surface area contributed by atoms with E-state index in [1.54, 1.807) is 4.90 Å². The molecule has 1 N–H and O–H groups in total. The molecule has 2 aliphatic rings. The van der Waals surface area contributed by atoms with E-state index in [-0.39, 0.29) is 24.0 Å². The van der Waals surface area contributed by atoms with E-state index in [1.807, 2.05) is 13.8 Å². The van der Waals surface area contributed by atoms with Gasteiger partial charge in [0, 0.05) is 19.2 Å². The van der Waals surface area contributed by atoms with Gasteiger partial charge in [-0.2, -0.15) is 0 Å². The Bertz CT molecular complexity index is 344. The Morgan fingerprint density at radius 1 is 1.39 bits per heavy atom. The summed E-state index contributed by atoms with van der Waals surface area (Å²) in [6, 6.07) is -0.202. The molecule has 0 aromatic carbocycles. The highest BCUT2D eigenvalue weighted by molar-refractivity contribution is 5.83. The zero-order valence-electron chi connectivity index (χ0n) is 11.0. The van der Waals surface area contributed by atoms with E-state index in [2.05, 4.69) is 0 Å². The number of likely N-dealkylation sites (tertiary alicyclic amines) is 1. The van der Waals surface area contributed by atoms with Crippen LogP contribution in [-0.2, 0) is 14.3 Å². The highest BCUT2D eigenvalue weighted by atomic mass is 16.5. The van der Waals surface area contributed by atoms with Gasteiger partial charge in [-0.25, -0.2) is 0 Å². The van der Waals surface area contributed by atoms with Crippen molar-refractivity contribution in [1.82, 2.24) is 4.90 Å². The molecule has 4 atom stereocenters. The predicted octanol–water partition coefficient (Wildman–Crippen LogP) is 1.12. The van der Waals surface area contributed by atoms with E-state index < -0.39 is 11.9 Å². The fourth-order valence-corrected chi connectivity index (χ4v) is 2.83. The second-order valence-electron chi connectivity index (χ2n) is 5.20. The minimum Gasteiger partial charge on any atom is -0.481 e. The zero-order chi connectivity index (χ0) is 13.3. The molecule has 0 spiro atoms.